The van der Waals surface area contributed by atoms with Gasteiger partial charge in [-0.25, -0.2) is 0 Å². The number of aliphatic hydroxyl groups excluding tert-OH is 1. The zero-order valence-corrected chi connectivity index (χ0v) is 11.1. The molecule has 0 fully saturated rings. The van der Waals surface area contributed by atoms with Gasteiger partial charge in [-0.05, 0) is 25.8 Å². The molecule has 0 aliphatic heterocycles. The van der Waals surface area contributed by atoms with Gasteiger partial charge < -0.3 is 10.4 Å². The molecule has 0 atom stereocenters. The van der Waals surface area contributed by atoms with Crippen molar-refractivity contribution in [3.05, 3.63) is 33.9 Å². The van der Waals surface area contributed by atoms with Gasteiger partial charge in [-0.2, -0.15) is 0 Å². The number of anilines is 1. The van der Waals surface area contributed by atoms with Crippen molar-refractivity contribution >= 4 is 11.4 Å². The number of rotatable bonds is 6. The van der Waals surface area contributed by atoms with Crippen LogP contribution in [-0.2, 0) is 0 Å². The van der Waals surface area contributed by atoms with Crippen LogP contribution in [-0.4, -0.2) is 22.2 Å². The maximum absolute atomic E-state index is 11.1. The van der Waals surface area contributed by atoms with Crippen molar-refractivity contribution in [3.63, 3.8) is 0 Å². The normalized spacial score (nSPS) is 11.3. The number of aryl methyl sites for hydroxylation is 1. The van der Waals surface area contributed by atoms with E-state index >= 15 is 0 Å². The maximum atomic E-state index is 11.1. The summed E-state index contributed by atoms with van der Waals surface area (Å²) in [6.45, 7) is 5.57. The molecular formula is C13H20N2O3. The predicted molar refractivity (Wildman–Crippen MR) is 71.9 cm³/mol. The van der Waals surface area contributed by atoms with Crippen molar-refractivity contribution in [3.8, 4) is 0 Å². The highest BCUT2D eigenvalue weighted by atomic mass is 16.6. The summed E-state index contributed by atoms with van der Waals surface area (Å²) in [7, 11) is 0. The van der Waals surface area contributed by atoms with E-state index in [1.54, 1.807) is 25.1 Å². The Morgan fingerprint density at radius 1 is 1.39 bits per heavy atom. The second-order valence-corrected chi connectivity index (χ2v) is 4.50. The first-order valence-electron chi connectivity index (χ1n) is 6.12. The topological polar surface area (TPSA) is 75.4 Å². The van der Waals surface area contributed by atoms with E-state index in [0.29, 0.717) is 24.1 Å². The fraction of sp³-hybridized carbons (Fsp3) is 0.538. The Balaban J connectivity index is 3.18. The summed E-state index contributed by atoms with van der Waals surface area (Å²) < 4.78 is 0. The van der Waals surface area contributed by atoms with Crippen LogP contribution in [0.1, 0.15) is 32.3 Å². The van der Waals surface area contributed by atoms with Gasteiger partial charge in [-0.3, -0.25) is 10.1 Å². The average Bonchev–Trinajstić information content (AvgIpc) is 2.35. The molecule has 18 heavy (non-hydrogen) atoms. The summed E-state index contributed by atoms with van der Waals surface area (Å²) >= 11 is 0. The van der Waals surface area contributed by atoms with E-state index in [1.807, 2.05) is 13.8 Å². The Morgan fingerprint density at radius 3 is 2.44 bits per heavy atom. The predicted octanol–water partition coefficient (Wildman–Crippen LogP) is 2.87. The van der Waals surface area contributed by atoms with Crippen molar-refractivity contribution < 1.29 is 10.0 Å². The first-order valence-corrected chi connectivity index (χ1v) is 6.12. The highest BCUT2D eigenvalue weighted by Gasteiger charge is 2.28. The summed E-state index contributed by atoms with van der Waals surface area (Å²) in [5.41, 5.74) is 0.664. The van der Waals surface area contributed by atoms with E-state index in [1.165, 1.54) is 0 Å². The van der Waals surface area contributed by atoms with Crippen LogP contribution in [0.3, 0.4) is 0 Å². The lowest BCUT2D eigenvalue weighted by Gasteiger charge is -2.31. The molecule has 0 aromatic heterocycles. The number of nitro groups is 1. The van der Waals surface area contributed by atoms with Crippen LogP contribution in [0, 0.1) is 17.0 Å². The second-order valence-electron chi connectivity index (χ2n) is 4.50. The first kappa shape index (κ1) is 14.4. The van der Waals surface area contributed by atoms with Crippen molar-refractivity contribution in [2.45, 2.75) is 39.2 Å². The number of benzene rings is 1. The van der Waals surface area contributed by atoms with E-state index in [2.05, 4.69) is 5.32 Å². The van der Waals surface area contributed by atoms with Gasteiger partial charge in [-0.15, -0.1) is 0 Å². The van der Waals surface area contributed by atoms with Gasteiger partial charge in [0.1, 0.15) is 5.69 Å². The summed E-state index contributed by atoms with van der Waals surface area (Å²) in [5.74, 6) is 0. The number of aliphatic hydroxyl groups is 1. The number of hydrogen-bond acceptors (Lipinski definition) is 4. The molecule has 0 saturated heterocycles. The van der Waals surface area contributed by atoms with Crippen LogP contribution in [0.25, 0.3) is 0 Å². The Hall–Kier alpha value is -1.62. The van der Waals surface area contributed by atoms with Crippen LogP contribution in [0.2, 0.25) is 0 Å². The molecule has 1 aromatic carbocycles. The van der Waals surface area contributed by atoms with E-state index in [0.717, 1.165) is 0 Å². The molecule has 0 heterocycles. The molecule has 5 heteroatoms. The molecule has 100 valence electrons. The van der Waals surface area contributed by atoms with Crippen LogP contribution in [0.4, 0.5) is 11.4 Å². The monoisotopic (exact) mass is 252 g/mol. The summed E-state index contributed by atoms with van der Waals surface area (Å²) in [6.07, 6.45) is 1.40. The van der Waals surface area contributed by atoms with E-state index in [4.69, 9.17) is 0 Å². The summed E-state index contributed by atoms with van der Waals surface area (Å²) in [6, 6.07) is 5.17. The molecule has 0 aliphatic rings. The lowest BCUT2D eigenvalue weighted by molar-refractivity contribution is -0.384. The number of nitro benzene ring substituents is 1. The molecule has 0 bridgehead atoms. The van der Waals surface area contributed by atoms with Gasteiger partial charge in [0.25, 0.3) is 5.69 Å². The number of nitrogens with one attached hydrogen (secondary N) is 1. The number of hydrogen-bond donors (Lipinski definition) is 2. The van der Waals surface area contributed by atoms with Crippen molar-refractivity contribution in [2.75, 3.05) is 11.9 Å². The van der Waals surface area contributed by atoms with Crippen molar-refractivity contribution in [1.29, 1.82) is 0 Å². The molecule has 1 aromatic rings. The van der Waals surface area contributed by atoms with Gasteiger partial charge in [-0.1, -0.05) is 26.0 Å². The zero-order chi connectivity index (χ0) is 13.8. The lowest BCUT2D eigenvalue weighted by atomic mass is 9.93. The van der Waals surface area contributed by atoms with Crippen LogP contribution in [0.15, 0.2) is 18.2 Å². The second kappa shape index (κ2) is 5.82. The lowest BCUT2D eigenvalue weighted by Crippen LogP contribution is -2.41. The van der Waals surface area contributed by atoms with Crippen molar-refractivity contribution in [2.24, 2.45) is 0 Å². The molecule has 0 aliphatic carbocycles. The minimum atomic E-state index is -0.501. The molecule has 0 radical (unpaired) electrons. The smallest absolute Gasteiger partial charge is 0.295 e. The van der Waals surface area contributed by atoms with E-state index in [-0.39, 0.29) is 17.2 Å². The standard InChI is InChI=1S/C13H20N2O3/c1-4-13(5-2,9-16)14-11-8-6-7-10(3)12(11)15(17)18/h6-8,14,16H,4-5,9H2,1-3H3. The fourth-order valence-electron chi connectivity index (χ4n) is 1.98. The first-order chi connectivity index (χ1) is 8.49. The molecule has 0 spiro atoms. The van der Waals surface area contributed by atoms with Crippen LogP contribution in [0.5, 0.6) is 0 Å². The SMILES string of the molecule is CCC(CC)(CO)Nc1cccc(C)c1[N+](=O)[O-]. The quantitative estimate of drug-likeness (QED) is 0.603. The summed E-state index contributed by atoms with van der Waals surface area (Å²) in [4.78, 5) is 10.7. The Bertz CT molecular complexity index is 420. The molecule has 0 amide bonds. The highest BCUT2D eigenvalue weighted by molar-refractivity contribution is 5.66. The zero-order valence-electron chi connectivity index (χ0n) is 11.1. The molecule has 0 unspecified atom stereocenters. The van der Waals surface area contributed by atoms with E-state index < -0.39 is 5.54 Å². The van der Waals surface area contributed by atoms with Gasteiger partial charge in [0.05, 0.1) is 17.1 Å². The highest BCUT2D eigenvalue weighted by Crippen LogP contribution is 2.32. The van der Waals surface area contributed by atoms with Crippen molar-refractivity contribution in [1.82, 2.24) is 0 Å². The minimum absolute atomic E-state index is 0.0505. The third kappa shape index (κ3) is 2.79. The largest absolute Gasteiger partial charge is 0.394 e. The van der Waals surface area contributed by atoms with Gasteiger partial charge >= 0.3 is 0 Å². The van der Waals surface area contributed by atoms with Gasteiger partial charge in [0, 0.05) is 5.56 Å². The average molecular weight is 252 g/mol. The fourth-order valence-corrected chi connectivity index (χ4v) is 1.98. The Morgan fingerprint density at radius 2 is 2.00 bits per heavy atom. The molecule has 1 rings (SSSR count). The number of para-hydroxylation sites is 1. The Kier molecular flexibility index (Phi) is 4.67. The minimum Gasteiger partial charge on any atom is -0.394 e. The molecule has 0 saturated carbocycles. The molecule has 5 nitrogen and oxygen atoms in total. The summed E-state index contributed by atoms with van der Waals surface area (Å²) in [5, 5.41) is 23.7. The third-order valence-corrected chi connectivity index (χ3v) is 3.48. The maximum Gasteiger partial charge on any atom is 0.295 e. The number of nitrogens with zero attached hydrogens (tertiary/aromatic N) is 1. The molecule has 2 N–H and O–H groups in total. The van der Waals surface area contributed by atoms with Gasteiger partial charge in [0.2, 0.25) is 0 Å². The molecular weight excluding hydrogens is 232 g/mol. The van der Waals surface area contributed by atoms with Gasteiger partial charge in [0.15, 0.2) is 0 Å². The van der Waals surface area contributed by atoms with E-state index in [9.17, 15) is 15.2 Å². The third-order valence-electron chi connectivity index (χ3n) is 3.48. The van der Waals surface area contributed by atoms with Crippen LogP contribution < -0.4 is 5.32 Å². The Labute approximate surface area is 107 Å². The van der Waals surface area contributed by atoms with Crippen LogP contribution >= 0.6 is 0 Å².